The molecule has 10 heteroatoms. The number of hydrogen-bond donors (Lipinski definition) is 2. The molecule has 8 nitrogen and oxygen atoms in total. The summed E-state index contributed by atoms with van der Waals surface area (Å²) >= 11 is 12.4. The van der Waals surface area contributed by atoms with Crippen LogP contribution >= 0.6 is 23.2 Å². The summed E-state index contributed by atoms with van der Waals surface area (Å²) in [6, 6.07) is 12.5. The third-order valence-electron chi connectivity index (χ3n) is 4.27. The van der Waals surface area contributed by atoms with E-state index in [2.05, 4.69) is 21.4 Å². The van der Waals surface area contributed by atoms with E-state index in [0.717, 1.165) is 11.9 Å². The van der Waals surface area contributed by atoms with Gasteiger partial charge in [0.2, 0.25) is 11.6 Å². The van der Waals surface area contributed by atoms with Crippen LogP contribution in [-0.2, 0) is 0 Å². The van der Waals surface area contributed by atoms with Gasteiger partial charge in [0.25, 0.3) is 0 Å². The summed E-state index contributed by atoms with van der Waals surface area (Å²) in [5.41, 5.74) is 7.73. The Morgan fingerprint density at radius 2 is 1.93 bits per heavy atom. The van der Waals surface area contributed by atoms with Crippen LogP contribution in [0, 0.1) is 28.4 Å². The number of nitrogens with zero attached hydrogens (tertiary/aromatic N) is 4. The average molecular weight is 429 g/mol. The Labute approximate surface area is 176 Å². The number of nitrogens with one attached hydrogen (secondary N) is 1. The van der Waals surface area contributed by atoms with E-state index in [0.29, 0.717) is 26.9 Å². The lowest BCUT2D eigenvalue weighted by atomic mass is 9.91. The Bertz CT molecular complexity index is 1130. The molecule has 0 aliphatic carbocycles. The van der Waals surface area contributed by atoms with Gasteiger partial charge < -0.3 is 11.1 Å². The molecule has 0 saturated heterocycles. The van der Waals surface area contributed by atoms with Gasteiger partial charge in [-0.2, -0.15) is 5.26 Å². The van der Waals surface area contributed by atoms with E-state index in [1.807, 2.05) is 0 Å². The zero-order valence-corrected chi connectivity index (χ0v) is 16.6. The normalized spacial score (nSPS) is 11.5. The first-order chi connectivity index (χ1) is 13.8. The molecule has 1 heterocycles. The van der Waals surface area contributed by atoms with E-state index in [-0.39, 0.29) is 11.6 Å². The smallest absolute Gasteiger partial charge is 0.353 e. The largest absolute Gasteiger partial charge is 0.378 e. The molecule has 3 rings (SSSR count). The number of rotatable bonds is 5. The number of nitrogens with two attached hydrogens (primary N) is 1. The lowest BCUT2D eigenvalue weighted by molar-refractivity contribution is -0.383. The summed E-state index contributed by atoms with van der Waals surface area (Å²) < 4.78 is 0. The highest BCUT2D eigenvalue weighted by atomic mass is 35.5. The Morgan fingerprint density at radius 3 is 2.55 bits per heavy atom. The summed E-state index contributed by atoms with van der Waals surface area (Å²) in [6.07, 6.45) is 1.13. The lowest BCUT2D eigenvalue weighted by Crippen LogP contribution is -2.06. The minimum atomic E-state index is -0.658. The van der Waals surface area contributed by atoms with Crippen molar-refractivity contribution in [2.75, 3.05) is 11.1 Å². The molecule has 0 bridgehead atoms. The molecule has 1 unspecified atom stereocenters. The maximum Gasteiger partial charge on any atom is 0.353 e. The number of aromatic nitrogens is 2. The summed E-state index contributed by atoms with van der Waals surface area (Å²) in [4.78, 5) is 18.2. The van der Waals surface area contributed by atoms with Gasteiger partial charge in [0.15, 0.2) is 0 Å². The Hall–Kier alpha value is -3.41. The van der Waals surface area contributed by atoms with Crippen molar-refractivity contribution < 1.29 is 4.92 Å². The molecule has 1 atom stereocenters. The zero-order chi connectivity index (χ0) is 21.1. The predicted octanol–water partition coefficient (Wildman–Crippen LogP) is 4.98. The number of nitrogen functional groups attached to an aromatic ring is 1. The first kappa shape index (κ1) is 20.3. The molecule has 0 spiro atoms. The van der Waals surface area contributed by atoms with Crippen molar-refractivity contribution >= 4 is 46.2 Å². The summed E-state index contributed by atoms with van der Waals surface area (Å²) in [6.45, 7) is 1.79. The molecule has 0 aliphatic rings. The SMILES string of the molecule is Cc1cc(C(C#N)c2ccc(Cl)cc2)c(Cl)cc1Nc1ncnc(N)c1[N+](=O)[O-]. The summed E-state index contributed by atoms with van der Waals surface area (Å²) in [5, 5.41) is 24.7. The molecule has 0 amide bonds. The molecule has 146 valence electrons. The highest BCUT2D eigenvalue weighted by molar-refractivity contribution is 6.32. The number of anilines is 3. The maximum absolute atomic E-state index is 11.3. The van der Waals surface area contributed by atoms with Crippen molar-refractivity contribution in [3.8, 4) is 6.07 Å². The molecule has 29 heavy (non-hydrogen) atoms. The van der Waals surface area contributed by atoms with Gasteiger partial charge in [0, 0.05) is 15.7 Å². The Balaban J connectivity index is 2.01. The minimum Gasteiger partial charge on any atom is -0.378 e. The van der Waals surface area contributed by atoms with Crippen LogP contribution in [0.1, 0.15) is 22.6 Å². The van der Waals surface area contributed by atoms with Gasteiger partial charge in [-0.25, -0.2) is 9.97 Å². The van der Waals surface area contributed by atoms with Crippen LogP contribution in [0.5, 0.6) is 0 Å². The highest BCUT2D eigenvalue weighted by Crippen LogP contribution is 2.36. The fourth-order valence-electron chi connectivity index (χ4n) is 2.83. The molecule has 3 N–H and O–H groups in total. The van der Waals surface area contributed by atoms with E-state index < -0.39 is 16.5 Å². The third kappa shape index (κ3) is 4.21. The van der Waals surface area contributed by atoms with Crippen molar-refractivity contribution in [1.82, 2.24) is 9.97 Å². The van der Waals surface area contributed by atoms with Crippen LogP contribution < -0.4 is 11.1 Å². The first-order valence-corrected chi connectivity index (χ1v) is 9.04. The Kier molecular flexibility index (Phi) is 5.82. The highest BCUT2D eigenvalue weighted by Gasteiger charge is 2.23. The van der Waals surface area contributed by atoms with Gasteiger partial charge >= 0.3 is 5.69 Å². The van der Waals surface area contributed by atoms with Gasteiger partial charge in [-0.1, -0.05) is 41.4 Å². The zero-order valence-electron chi connectivity index (χ0n) is 15.1. The molecule has 2 aromatic carbocycles. The topological polar surface area (TPSA) is 131 Å². The van der Waals surface area contributed by atoms with E-state index in [1.165, 1.54) is 0 Å². The number of nitriles is 1. The standard InChI is InChI=1S/C19H14Cl2N6O2/c1-10-6-13(14(8-22)11-2-4-12(20)5-3-11)15(21)7-16(10)26-19-17(27(28)29)18(23)24-9-25-19/h2-7,9,14H,1H3,(H3,23,24,25,26). The second kappa shape index (κ2) is 8.31. The van der Waals surface area contributed by atoms with Crippen molar-refractivity contribution in [3.05, 3.63) is 79.6 Å². The fourth-order valence-corrected chi connectivity index (χ4v) is 3.23. The quantitative estimate of drug-likeness (QED) is 0.432. The second-order valence-corrected chi connectivity index (χ2v) is 6.98. The fraction of sp³-hybridized carbons (Fsp3) is 0.105. The van der Waals surface area contributed by atoms with Crippen molar-refractivity contribution in [3.63, 3.8) is 0 Å². The molecule has 0 fully saturated rings. The lowest BCUT2D eigenvalue weighted by Gasteiger charge is -2.16. The first-order valence-electron chi connectivity index (χ1n) is 8.28. The van der Waals surface area contributed by atoms with Crippen LogP contribution in [0.25, 0.3) is 0 Å². The van der Waals surface area contributed by atoms with Crippen LogP contribution in [-0.4, -0.2) is 14.9 Å². The van der Waals surface area contributed by atoms with Gasteiger partial charge in [-0.15, -0.1) is 0 Å². The van der Waals surface area contributed by atoms with E-state index >= 15 is 0 Å². The van der Waals surface area contributed by atoms with E-state index in [1.54, 1.807) is 43.3 Å². The summed E-state index contributed by atoms with van der Waals surface area (Å²) in [5.74, 6) is -0.902. The van der Waals surface area contributed by atoms with Gasteiger partial charge in [0.05, 0.1) is 16.9 Å². The number of halogens is 2. The average Bonchev–Trinajstić information content (AvgIpc) is 2.67. The molecule has 3 aromatic rings. The van der Waals surface area contributed by atoms with Gasteiger partial charge in [0.1, 0.15) is 6.33 Å². The molecular weight excluding hydrogens is 415 g/mol. The predicted molar refractivity (Wildman–Crippen MR) is 111 cm³/mol. The number of hydrogen-bond acceptors (Lipinski definition) is 7. The van der Waals surface area contributed by atoms with Crippen LogP contribution in [0.4, 0.5) is 23.0 Å². The van der Waals surface area contributed by atoms with Crippen LogP contribution in [0.3, 0.4) is 0 Å². The Morgan fingerprint density at radius 1 is 1.24 bits per heavy atom. The monoisotopic (exact) mass is 428 g/mol. The minimum absolute atomic E-state index is 0.0519. The molecular formula is C19H14Cl2N6O2. The summed E-state index contributed by atoms with van der Waals surface area (Å²) in [7, 11) is 0. The molecule has 1 aromatic heterocycles. The van der Waals surface area contributed by atoms with Gasteiger partial charge in [-0.3, -0.25) is 10.1 Å². The number of nitro groups is 1. The van der Waals surface area contributed by atoms with E-state index in [9.17, 15) is 15.4 Å². The second-order valence-electron chi connectivity index (χ2n) is 6.14. The van der Waals surface area contributed by atoms with Gasteiger partial charge in [-0.05, 0) is 41.8 Å². The molecule has 0 aliphatic heterocycles. The molecule has 0 saturated carbocycles. The number of aryl methyl sites for hydroxylation is 1. The molecule has 0 radical (unpaired) electrons. The van der Waals surface area contributed by atoms with Crippen LogP contribution in [0.2, 0.25) is 10.0 Å². The van der Waals surface area contributed by atoms with E-state index in [4.69, 9.17) is 28.9 Å². The van der Waals surface area contributed by atoms with Crippen molar-refractivity contribution in [1.29, 1.82) is 5.26 Å². The van der Waals surface area contributed by atoms with Crippen LogP contribution in [0.15, 0.2) is 42.7 Å². The maximum atomic E-state index is 11.3. The van der Waals surface area contributed by atoms with Crippen molar-refractivity contribution in [2.45, 2.75) is 12.8 Å². The number of benzene rings is 2. The third-order valence-corrected chi connectivity index (χ3v) is 4.85. The van der Waals surface area contributed by atoms with Crippen molar-refractivity contribution in [2.24, 2.45) is 0 Å².